The lowest BCUT2D eigenvalue weighted by atomic mass is 10.0. The standard InChI is InChI=1S/C26H26Cl2N2O3/c1-2-16-29-26(32)25(20-8-4-3-5-9-20)30(17-19-12-14-21(27)15-13-19)24(31)18-33-23-11-7-6-10-22(23)28/h3-15,25H,2,16-18H2,1H3,(H,29,32)/t25-/m1/s1. The van der Waals surface area contributed by atoms with Gasteiger partial charge in [-0.2, -0.15) is 0 Å². The molecule has 1 N–H and O–H groups in total. The van der Waals surface area contributed by atoms with Crippen LogP contribution in [0, 0.1) is 0 Å². The van der Waals surface area contributed by atoms with E-state index in [1.165, 1.54) is 4.90 Å². The van der Waals surface area contributed by atoms with E-state index in [4.69, 9.17) is 27.9 Å². The van der Waals surface area contributed by atoms with Crippen LogP contribution >= 0.6 is 23.2 Å². The molecule has 172 valence electrons. The molecule has 0 fully saturated rings. The number of nitrogens with zero attached hydrogens (tertiary/aromatic N) is 1. The summed E-state index contributed by atoms with van der Waals surface area (Å²) >= 11 is 12.2. The van der Waals surface area contributed by atoms with Gasteiger partial charge in [0.15, 0.2) is 6.61 Å². The minimum Gasteiger partial charge on any atom is -0.482 e. The van der Waals surface area contributed by atoms with Crippen LogP contribution in [-0.4, -0.2) is 29.9 Å². The van der Waals surface area contributed by atoms with Gasteiger partial charge in [0, 0.05) is 18.1 Å². The topological polar surface area (TPSA) is 58.6 Å². The second kappa shape index (κ2) is 12.3. The third-order valence-electron chi connectivity index (χ3n) is 5.00. The highest BCUT2D eigenvalue weighted by molar-refractivity contribution is 6.32. The predicted molar refractivity (Wildman–Crippen MR) is 131 cm³/mol. The Morgan fingerprint density at radius 2 is 1.61 bits per heavy atom. The van der Waals surface area contributed by atoms with Crippen LogP contribution in [0.1, 0.15) is 30.5 Å². The normalized spacial score (nSPS) is 11.5. The fourth-order valence-corrected chi connectivity index (χ4v) is 3.66. The van der Waals surface area contributed by atoms with E-state index in [1.54, 1.807) is 36.4 Å². The van der Waals surface area contributed by atoms with Crippen molar-refractivity contribution in [3.05, 3.63) is 100 Å². The summed E-state index contributed by atoms with van der Waals surface area (Å²) in [6.07, 6.45) is 0.786. The van der Waals surface area contributed by atoms with Crippen molar-refractivity contribution < 1.29 is 14.3 Å². The van der Waals surface area contributed by atoms with Crippen molar-refractivity contribution in [1.29, 1.82) is 0 Å². The van der Waals surface area contributed by atoms with E-state index < -0.39 is 6.04 Å². The molecule has 1 atom stereocenters. The van der Waals surface area contributed by atoms with Gasteiger partial charge in [0.1, 0.15) is 11.8 Å². The number of benzene rings is 3. The van der Waals surface area contributed by atoms with Gasteiger partial charge < -0.3 is 15.0 Å². The number of ether oxygens (including phenoxy) is 1. The van der Waals surface area contributed by atoms with Gasteiger partial charge in [-0.15, -0.1) is 0 Å². The highest BCUT2D eigenvalue weighted by Gasteiger charge is 2.31. The van der Waals surface area contributed by atoms with Crippen LogP contribution in [0.15, 0.2) is 78.9 Å². The minimum atomic E-state index is -0.823. The Bertz CT molecular complexity index is 1060. The Morgan fingerprint density at radius 1 is 0.939 bits per heavy atom. The van der Waals surface area contributed by atoms with Crippen LogP contribution < -0.4 is 10.1 Å². The summed E-state index contributed by atoms with van der Waals surface area (Å²) in [5, 5.41) is 3.94. The molecule has 3 aromatic rings. The molecule has 0 radical (unpaired) electrons. The third kappa shape index (κ3) is 6.98. The minimum absolute atomic E-state index is 0.209. The zero-order valence-corrected chi connectivity index (χ0v) is 19.9. The van der Waals surface area contributed by atoms with E-state index in [9.17, 15) is 9.59 Å². The van der Waals surface area contributed by atoms with Gasteiger partial charge in [-0.3, -0.25) is 9.59 Å². The van der Waals surface area contributed by atoms with Crippen LogP contribution in [0.25, 0.3) is 0 Å². The molecule has 5 nitrogen and oxygen atoms in total. The molecule has 0 heterocycles. The van der Waals surface area contributed by atoms with E-state index >= 15 is 0 Å². The fraction of sp³-hybridized carbons (Fsp3) is 0.231. The number of carbonyl (C=O) groups is 2. The number of amides is 2. The van der Waals surface area contributed by atoms with E-state index in [2.05, 4.69) is 5.32 Å². The van der Waals surface area contributed by atoms with Gasteiger partial charge in [-0.1, -0.05) is 84.7 Å². The zero-order valence-electron chi connectivity index (χ0n) is 18.3. The molecule has 2 amide bonds. The van der Waals surface area contributed by atoms with Crippen molar-refractivity contribution in [1.82, 2.24) is 10.2 Å². The van der Waals surface area contributed by atoms with Gasteiger partial charge in [0.25, 0.3) is 5.91 Å². The van der Waals surface area contributed by atoms with Gasteiger partial charge in [0.05, 0.1) is 5.02 Å². The Hall–Kier alpha value is -3.02. The second-order valence-electron chi connectivity index (χ2n) is 7.47. The van der Waals surface area contributed by atoms with Crippen molar-refractivity contribution in [2.45, 2.75) is 25.9 Å². The molecule has 0 spiro atoms. The van der Waals surface area contributed by atoms with E-state index in [0.29, 0.717) is 27.9 Å². The first-order chi connectivity index (χ1) is 16.0. The summed E-state index contributed by atoms with van der Waals surface area (Å²) in [5.74, 6) is -0.181. The molecular weight excluding hydrogens is 459 g/mol. The molecule has 0 aliphatic heterocycles. The highest BCUT2D eigenvalue weighted by Crippen LogP contribution is 2.26. The average molecular weight is 485 g/mol. The van der Waals surface area contributed by atoms with Crippen molar-refractivity contribution in [2.75, 3.05) is 13.2 Å². The van der Waals surface area contributed by atoms with Gasteiger partial charge >= 0.3 is 0 Å². The Morgan fingerprint density at radius 3 is 2.27 bits per heavy atom. The molecule has 0 saturated heterocycles. The summed E-state index contributed by atoms with van der Waals surface area (Å²) in [7, 11) is 0. The van der Waals surface area contributed by atoms with Gasteiger partial charge in [-0.25, -0.2) is 0 Å². The molecule has 0 aliphatic carbocycles. The first kappa shape index (κ1) is 24.6. The summed E-state index contributed by atoms with van der Waals surface area (Å²) < 4.78 is 5.71. The highest BCUT2D eigenvalue weighted by atomic mass is 35.5. The van der Waals surface area contributed by atoms with Crippen LogP contribution in [0.4, 0.5) is 0 Å². The number of hydrogen-bond donors (Lipinski definition) is 1. The lowest BCUT2D eigenvalue weighted by Crippen LogP contribution is -2.45. The van der Waals surface area contributed by atoms with Crippen molar-refractivity contribution in [2.24, 2.45) is 0 Å². The van der Waals surface area contributed by atoms with Crippen molar-refractivity contribution in [3.63, 3.8) is 0 Å². The van der Waals surface area contributed by atoms with Crippen LogP contribution in [0.5, 0.6) is 5.75 Å². The van der Waals surface area contributed by atoms with Crippen LogP contribution in [-0.2, 0) is 16.1 Å². The number of carbonyl (C=O) groups excluding carboxylic acids is 2. The number of rotatable bonds is 10. The van der Waals surface area contributed by atoms with E-state index in [1.807, 2.05) is 49.4 Å². The van der Waals surface area contributed by atoms with Crippen LogP contribution in [0.3, 0.4) is 0 Å². The maximum atomic E-state index is 13.4. The predicted octanol–water partition coefficient (Wildman–Crippen LogP) is 5.67. The largest absolute Gasteiger partial charge is 0.482 e. The number of halogens is 2. The van der Waals surface area contributed by atoms with Crippen LogP contribution in [0.2, 0.25) is 10.0 Å². The fourth-order valence-electron chi connectivity index (χ4n) is 3.35. The smallest absolute Gasteiger partial charge is 0.261 e. The average Bonchev–Trinajstić information content (AvgIpc) is 2.83. The lowest BCUT2D eigenvalue weighted by molar-refractivity contribution is -0.143. The maximum absolute atomic E-state index is 13.4. The molecule has 0 bridgehead atoms. The van der Waals surface area contributed by atoms with E-state index in [-0.39, 0.29) is 25.0 Å². The van der Waals surface area contributed by atoms with Gasteiger partial charge in [0.2, 0.25) is 5.91 Å². The Balaban J connectivity index is 1.93. The molecule has 7 heteroatoms. The first-order valence-corrected chi connectivity index (χ1v) is 11.5. The molecule has 3 aromatic carbocycles. The lowest BCUT2D eigenvalue weighted by Gasteiger charge is -2.31. The van der Waals surface area contributed by atoms with E-state index in [0.717, 1.165) is 12.0 Å². The molecule has 0 aliphatic rings. The Kier molecular flexibility index (Phi) is 9.16. The molecule has 0 unspecified atom stereocenters. The summed E-state index contributed by atoms with van der Waals surface area (Å²) in [6.45, 7) is 2.44. The van der Waals surface area contributed by atoms with Crippen molar-refractivity contribution >= 4 is 35.0 Å². The number of hydrogen-bond acceptors (Lipinski definition) is 3. The molecule has 33 heavy (non-hydrogen) atoms. The monoisotopic (exact) mass is 484 g/mol. The molecule has 0 aromatic heterocycles. The Labute approximate surface area is 204 Å². The molecular formula is C26H26Cl2N2O3. The second-order valence-corrected chi connectivity index (χ2v) is 8.32. The third-order valence-corrected chi connectivity index (χ3v) is 5.56. The summed E-state index contributed by atoms with van der Waals surface area (Å²) in [4.78, 5) is 28.2. The quantitative estimate of drug-likeness (QED) is 0.403. The maximum Gasteiger partial charge on any atom is 0.261 e. The number of para-hydroxylation sites is 1. The molecule has 0 saturated carbocycles. The van der Waals surface area contributed by atoms with Crippen molar-refractivity contribution in [3.8, 4) is 5.75 Å². The summed E-state index contributed by atoms with van der Waals surface area (Å²) in [5.41, 5.74) is 1.56. The first-order valence-electron chi connectivity index (χ1n) is 10.7. The molecule has 3 rings (SSSR count). The SMILES string of the molecule is CCCNC(=O)[C@@H](c1ccccc1)N(Cc1ccc(Cl)cc1)C(=O)COc1ccccc1Cl. The summed E-state index contributed by atoms with van der Waals surface area (Å²) in [6, 6.07) is 22.6. The van der Waals surface area contributed by atoms with Gasteiger partial charge in [-0.05, 0) is 41.8 Å². The number of nitrogens with one attached hydrogen (secondary N) is 1. The zero-order chi connectivity index (χ0) is 23.6.